The SMILES string of the molecule is CCC1(C)NC(=O)CC(C)N(CCc2ccccc2)C1=O. The lowest BCUT2D eigenvalue weighted by Crippen LogP contribution is -2.55. The van der Waals surface area contributed by atoms with Gasteiger partial charge in [-0.05, 0) is 32.3 Å². The Labute approximate surface area is 126 Å². The minimum absolute atomic E-state index is 0.0271. The van der Waals surface area contributed by atoms with Crippen LogP contribution in [0, 0.1) is 0 Å². The number of carbonyl (C=O) groups is 2. The Hall–Kier alpha value is -1.84. The van der Waals surface area contributed by atoms with E-state index in [9.17, 15) is 9.59 Å². The van der Waals surface area contributed by atoms with E-state index in [-0.39, 0.29) is 17.9 Å². The molecule has 0 bridgehead atoms. The van der Waals surface area contributed by atoms with E-state index in [4.69, 9.17) is 0 Å². The van der Waals surface area contributed by atoms with E-state index in [0.29, 0.717) is 19.4 Å². The first-order valence-corrected chi connectivity index (χ1v) is 7.62. The molecule has 1 heterocycles. The number of benzene rings is 1. The summed E-state index contributed by atoms with van der Waals surface area (Å²) in [5.41, 5.74) is 0.428. The maximum absolute atomic E-state index is 12.8. The quantitative estimate of drug-likeness (QED) is 0.922. The molecule has 1 N–H and O–H groups in total. The monoisotopic (exact) mass is 288 g/mol. The van der Waals surface area contributed by atoms with Crippen LogP contribution in [0.2, 0.25) is 0 Å². The number of nitrogens with one attached hydrogen (secondary N) is 1. The number of hydrogen-bond donors (Lipinski definition) is 1. The van der Waals surface area contributed by atoms with Crippen molar-refractivity contribution in [2.45, 2.75) is 51.6 Å². The van der Waals surface area contributed by atoms with E-state index < -0.39 is 5.54 Å². The molecule has 0 aliphatic carbocycles. The van der Waals surface area contributed by atoms with Gasteiger partial charge >= 0.3 is 0 Å². The normalized spacial score (nSPS) is 26.4. The fourth-order valence-corrected chi connectivity index (χ4v) is 2.76. The molecule has 0 spiro atoms. The van der Waals surface area contributed by atoms with Gasteiger partial charge in [0, 0.05) is 19.0 Å². The van der Waals surface area contributed by atoms with Gasteiger partial charge in [-0.1, -0.05) is 37.3 Å². The highest BCUT2D eigenvalue weighted by molar-refractivity contribution is 5.93. The average molecular weight is 288 g/mol. The lowest BCUT2D eigenvalue weighted by atomic mass is 9.97. The first-order valence-electron chi connectivity index (χ1n) is 7.62. The first-order chi connectivity index (χ1) is 9.96. The zero-order valence-electron chi connectivity index (χ0n) is 13.1. The van der Waals surface area contributed by atoms with Gasteiger partial charge in [-0.25, -0.2) is 0 Å². The summed E-state index contributed by atoms with van der Waals surface area (Å²) in [5.74, 6) is -0.0123. The van der Waals surface area contributed by atoms with Gasteiger partial charge in [-0.2, -0.15) is 0 Å². The standard InChI is InChI=1S/C17H24N2O2/c1-4-17(3)16(21)19(13(2)12-15(20)18-17)11-10-14-8-6-5-7-9-14/h5-9,13H,4,10-12H2,1-3H3,(H,18,20). The predicted octanol–water partition coefficient (Wildman–Crippen LogP) is 2.13. The molecule has 2 atom stereocenters. The Morgan fingerprint density at radius 2 is 1.95 bits per heavy atom. The summed E-state index contributed by atoms with van der Waals surface area (Å²) in [6.07, 6.45) is 1.78. The van der Waals surface area contributed by atoms with Crippen LogP contribution in [0.5, 0.6) is 0 Å². The second-order valence-electron chi connectivity index (χ2n) is 6.02. The van der Waals surface area contributed by atoms with Crippen LogP contribution in [0.1, 0.15) is 39.2 Å². The Balaban J connectivity index is 2.15. The molecule has 114 valence electrons. The van der Waals surface area contributed by atoms with Crippen LogP contribution in [0.25, 0.3) is 0 Å². The van der Waals surface area contributed by atoms with E-state index in [1.165, 1.54) is 5.56 Å². The number of hydrogen-bond acceptors (Lipinski definition) is 2. The zero-order valence-corrected chi connectivity index (χ0v) is 13.1. The van der Waals surface area contributed by atoms with Gasteiger partial charge < -0.3 is 10.2 Å². The van der Waals surface area contributed by atoms with E-state index in [2.05, 4.69) is 17.4 Å². The molecule has 2 unspecified atom stereocenters. The maximum Gasteiger partial charge on any atom is 0.248 e. The lowest BCUT2D eigenvalue weighted by molar-refractivity contribution is -0.139. The Morgan fingerprint density at radius 3 is 2.57 bits per heavy atom. The van der Waals surface area contributed by atoms with Crippen LogP contribution < -0.4 is 5.32 Å². The average Bonchev–Trinajstić information content (AvgIpc) is 2.54. The van der Waals surface area contributed by atoms with Crippen molar-refractivity contribution < 1.29 is 9.59 Å². The van der Waals surface area contributed by atoms with Crippen LogP contribution in [0.15, 0.2) is 30.3 Å². The van der Waals surface area contributed by atoms with E-state index >= 15 is 0 Å². The van der Waals surface area contributed by atoms with E-state index in [1.54, 1.807) is 0 Å². The first kappa shape index (κ1) is 15.5. The molecule has 0 aromatic heterocycles. The molecule has 2 amide bonds. The molecular formula is C17H24N2O2. The van der Waals surface area contributed by atoms with Crippen LogP contribution in [-0.4, -0.2) is 34.8 Å². The Kier molecular flexibility index (Phi) is 4.66. The molecule has 0 radical (unpaired) electrons. The Bertz CT molecular complexity index is 515. The third-order valence-corrected chi connectivity index (χ3v) is 4.35. The highest BCUT2D eigenvalue weighted by Gasteiger charge is 2.41. The molecule has 1 saturated heterocycles. The highest BCUT2D eigenvalue weighted by atomic mass is 16.2. The molecule has 4 nitrogen and oxygen atoms in total. The summed E-state index contributed by atoms with van der Waals surface area (Å²) in [6.45, 7) is 6.35. The number of rotatable bonds is 4. The van der Waals surface area contributed by atoms with E-state index in [1.807, 2.05) is 43.9 Å². The van der Waals surface area contributed by atoms with Gasteiger partial charge in [-0.3, -0.25) is 9.59 Å². The van der Waals surface area contributed by atoms with Crippen LogP contribution >= 0.6 is 0 Å². The van der Waals surface area contributed by atoms with Crippen molar-refractivity contribution in [2.75, 3.05) is 6.54 Å². The fraction of sp³-hybridized carbons (Fsp3) is 0.529. The smallest absolute Gasteiger partial charge is 0.248 e. The summed E-state index contributed by atoms with van der Waals surface area (Å²) < 4.78 is 0. The highest BCUT2D eigenvalue weighted by Crippen LogP contribution is 2.21. The second kappa shape index (κ2) is 6.29. The molecular weight excluding hydrogens is 264 g/mol. The van der Waals surface area contributed by atoms with Crippen molar-refractivity contribution in [1.29, 1.82) is 0 Å². The van der Waals surface area contributed by atoms with Crippen molar-refractivity contribution in [3.8, 4) is 0 Å². The second-order valence-corrected chi connectivity index (χ2v) is 6.02. The van der Waals surface area contributed by atoms with Crippen molar-refractivity contribution in [3.05, 3.63) is 35.9 Å². The molecule has 0 saturated carbocycles. The predicted molar refractivity (Wildman–Crippen MR) is 82.8 cm³/mol. The summed E-state index contributed by atoms with van der Waals surface area (Å²) in [7, 11) is 0. The summed E-state index contributed by atoms with van der Waals surface area (Å²) >= 11 is 0. The zero-order chi connectivity index (χ0) is 15.5. The third kappa shape index (κ3) is 3.43. The van der Waals surface area contributed by atoms with Crippen molar-refractivity contribution in [1.82, 2.24) is 10.2 Å². The van der Waals surface area contributed by atoms with Gasteiger partial charge in [0.25, 0.3) is 0 Å². The topological polar surface area (TPSA) is 49.4 Å². The molecule has 1 aliphatic rings. The molecule has 21 heavy (non-hydrogen) atoms. The van der Waals surface area contributed by atoms with Gasteiger partial charge in [0.2, 0.25) is 11.8 Å². The molecule has 1 aromatic carbocycles. The van der Waals surface area contributed by atoms with Crippen LogP contribution in [-0.2, 0) is 16.0 Å². The molecule has 1 aromatic rings. The summed E-state index contributed by atoms with van der Waals surface area (Å²) in [4.78, 5) is 26.6. The van der Waals surface area contributed by atoms with Gasteiger partial charge in [0.15, 0.2) is 0 Å². The Morgan fingerprint density at radius 1 is 1.29 bits per heavy atom. The lowest BCUT2D eigenvalue weighted by Gasteiger charge is -2.33. The van der Waals surface area contributed by atoms with Crippen LogP contribution in [0.3, 0.4) is 0 Å². The minimum Gasteiger partial charge on any atom is -0.342 e. The van der Waals surface area contributed by atoms with Gasteiger partial charge in [-0.15, -0.1) is 0 Å². The fourth-order valence-electron chi connectivity index (χ4n) is 2.76. The molecule has 4 heteroatoms. The molecule has 2 rings (SSSR count). The summed E-state index contributed by atoms with van der Waals surface area (Å²) in [5, 5.41) is 2.88. The molecule has 1 aliphatic heterocycles. The van der Waals surface area contributed by atoms with Crippen LogP contribution in [0.4, 0.5) is 0 Å². The largest absolute Gasteiger partial charge is 0.342 e. The molecule has 1 fully saturated rings. The number of nitrogens with zero attached hydrogens (tertiary/aromatic N) is 1. The summed E-state index contributed by atoms with van der Waals surface area (Å²) in [6, 6.07) is 10.1. The van der Waals surface area contributed by atoms with E-state index in [0.717, 1.165) is 6.42 Å². The number of carbonyl (C=O) groups excluding carboxylic acids is 2. The van der Waals surface area contributed by atoms with Crippen molar-refractivity contribution in [3.63, 3.8) is 0 Å². The van der Waals surface area contributed by atoms with Crippen molar-refractivity contribution in [2.24, 2.45) is 0 Å². The minimum atomic E-state index is -0.779. The number of amides is 2. The third-order valence-electron chi connectivity index (χ3n) is 4.35. The van der Waals surface area contributed by atoms with Gasteiger partial charge in [0.05, 0.1) is 0 Å². The van der Waals surface area contributed by atoms with Gasteiger partial charge in [0.1, 0.15) is 5.54 Å². The van der Waals surface area contributed by atoms with Crippen molar-refractivity contribution >= 4 is 11.8 Å². The maximum atomic E-state index is 12.8.